The van der Waals surface area contributed by atoms with Crippen molar-refractivity contribution in [3.63, 3.8) is 0 Å². The molecule has 1 rings (SSSR count). The monoisotopic (exact) mass is 218 g/mol. The van der Waals surface area contributed by atoms with Gasteiger partial charge in [0, 0.05) is 0 Å². The maximum atomic E-state index is 2.34. The van der Waals surface area contributed by atoms with Crippen molar-refractivity contribution >= 4 is 0 Å². The van der Waals surface area contributed by atoms with Gasteiger partial charge >= 0.3 is 0 Å². The highest BCUT2D eigenvalue weighted by Gasteiger charge is 2.34. The first-order valence-corrected chi connectivity index (χ1v) is 6.38. The Kier molecular flexibility index (Phi) is 3.83. The predicted molar refractivity (Wildman–Crippen MR) is 72.9 cm³/mol. The molecular formula is C16H26. The van der Waals surface area contributed by atoms with Gasteiger partial charge in [-0.2, -0.15) is 0 Å². The number of hydrogen-bond acceptors (Lipinski definition) is 0. The summed E-state index contributed by atoms with van der Waals surface area (Å²) in [5, 5.41) is 0. The first kappa shape index (κ1) is 13.3. The number of rotatable bonds is 3. The number of aryl methyl sites for hydroxylation is 1. The van der Waals surface area contributed by atoms with Crippen LogP contribution in [0.4, 0.5) is 0 Å². The Bertz CT molecular complexity index is 322. The lowest BCUT2D eigenvalue weighted by atomic mass is 9.65. The average Bonchev–Trinajstić information content (AvgIpc) is 2.17. The van der Waals surface area contributed by atoms with Gasteiger partial charge in [-0.3, -0.25) is 0 Å². The maximum absolute atomic E-state index is 2.34. The van der Waals surface area contributed by atoms with Crippen molar-refractivity contribution in [2.45, 2.75) is 59.8 Å². The molecule has 0 bridgehead atoms. The van der Waals surface area contributed by atoms with Crippen LogP contribution in [0.1, 0.15) is 59.1 Å². The molecule has 0 fully saturated rings. The Hall–Kier alpha value is -0.780. The summed E-state index contributed by atoms with van der Waals surface area (Å²) >= 11 is 0. The van der Waals surface area contributed by atoms with E-state index in [4.69, 9.17) is 0 Å². The summed E-state index contributed by atoms with van der Waals surface area (Å²) < 4.78 is 0. The molecule has 0 spiro atoms. The van der Waals surface area contributed by atoms with Crippen molar-refractivity contribution in [3.8, 4) is 0 Å². The van der Waals surface area contributed by atoms with Crippen LogP contribution in [0.25, 0.3) is 0 Å². The van der Waals surface area contributed by atoms with E-state index in [1.165, 1.54) is 24.0 Å². The third-order valence-corrected chi connectivity index (χ3v) is 4.09. The number of hydrogen-bond donors (Lipinski definition) is 0. The third-order valence-electron chi connectivity index (χ3n) is 4.09. The van der Waals surface area contributed by atoms with Crippen molar-refractivity contribution in [2.24, 2.45) is 5.41 Å². The number of benzene rings is 1. The van der Waals surface area contributed by atoms with E-state index < -0.39 is 0 Å². The summed E-state index contributed by atoms with van der Waals surface area (Å²) in [4.78, 5) is 0. The fourth-order valence-electron chi connectivity index (χ4n) is 1.81. The van der Waals surface area contributed by atoms with Gasteiger partial charge in [0.2, 0.25) is 0 Å². The molecule has 0 heterocycles. The average molecular weight is 218 g/mol. The molecular weight excluding hydrogens is 192 g/mol. The van der Waals surface area contributed by atoms with Crippen LogP contribution in [0, 0.1) is 5.41 Å². The lowest BCUT2D eigenvalue weighted by Crippen LogP contribution is -2.33. The summed E-state index contributed by atoms with van der Waals surface area (Å²) in [5.74, 6) is 0. The Morgan fingerprint density at radius 2 is 1.38 bits per heavy atom. The van der Waals surface area contributed by atoms with Gasteiger partial charge in [0.25, 0.3) is 0 Å². The zero-order valence-corrected chi connectivity index (χ0v) is 11.7. The van der Waals surface area contributed by atoms with Gasteiger partial charge in [0.05, 0.1) is 0 Å². The molecule has 0 saturated carbocycles. The molecule has 1 aromatic carbocycles. The quantitative estimate of drug-likeness (QED) is 0.672. The van der Waals surface area contributed by atoms with E-state index in [0.717, 1.165) is 0 Å². The van der Waals surface area contributed by atoms with E-state index in [2.05, 4.69) is 65.8 Å². The summed E-state index contributed by atoms with van der Waals surface area (Å²) in [6, 6.07) is 9.17. The van der Waals surface area contributed by atoms with Gasteiger partial charge in [-0.25, -0.2) is 0 Å². The second-order valence-corrected chi connectivity index (χ2v) is 6.32. The molecule has 1 aromatic rings. The Morgan fingerprint density at radius 1 is 0.875 bits per heavy atom. The molecule has 0 aromatic heterocycles. The predicted octanol–water partition coefficient (Wildman–Crippen LogP) is 4.96. The van der Waals surface area contributed by atoms with E-state index in [1.54, 1.807) is 0 Å². The van der Waals surface area contributed by atoms with E-state index >= 15 is 0 Å². The van der Waals surface area contributed by atoms with E-state index in [-0.39, 0.29) is 5.41 Å². The van der Waals surface area contributed by atoms with Gasteiger partial charge < -0.3 is 0 Å². The zero-order chi connectivity index (χ0) is 12.4. The van der Waals surface area contributed by atoms with Crippen molar-refractivity contribution in [1.29, 1.82) is 0 Å². The largest absolute Gasteiger partial charge is 0.0651 e. The third kappa shape index (κ3) is 2.66. The molecule has 0 unspecified atom stereocenters. The highest BCUT2D eigenvalue weighted by molar-refractivity contribution is 5.29. The first-order valence-electron chi connectivity index (χ1n) is 6.38. The summed E-state index contributed by atoms with van der Waals surface area (Å²) in [7, 11) is 0. The van der Waals surface area contributed by atoms with Crippen molar-refractivity contribution in [1.82, 2.24) is 0 Å². The summed E-state index contributed by atoms with van der Waals surface area (Å²) in [6.45, 7) is 13.8. The minimum absolute atomic E-state index is 0.220. The Balaban J connectivity index is 2.97. The molecule has 0 N–H and O–H groups in total. The minimum Gasteiger partial charge on any atom is -0.0651 e. The normalized spacial score (nSPS) is 12.9. The van der Waals surface area contributed by atoms with E-state index in [0.29, 0.717) is 5.41 Å². The van der Waals surface area contributed by atoms with Gasteiger partial charge in [-0.05, 0) is 28.4 Å². The van der Waals surface area contributed by atoms with Crippen molar-refractivity contribution in [3.05, 3.63) is 35.4 Å². The molecule has 0 nitrogen and oxygen atoms in total. The first-order chi connectivity index (χ1) is 7.29. The van der Waals surface area contributed by atoms with Crippen molar-refractivity contribution in [2.75, 3.05) is 0 Å². The molecule has 0 heteroatoms. The molecule has 0 amide bonds. The van der Waals surface area contributed by atoms with Gasteiger partial charge in [-0.1, -0.05) is 72.2 Å². The maximum Gasteiger partial charge on any atom is -0.00551 e. The smallest absolute Gasteiger partial charge is 0.00551 e. The van der Waals surface area contributed by atoms with Crippen LogP contribution in [-0.4, -0.2) is 0 Å². The van der Waals surface area contributed by atoms with Crippen LogP contribution in [-0.2, 0) is 11.8 Å². The van der Waals surface area contributed by atoms with Crippen LogP contribution < -0.4 is 0 Å². The topological polar surface area (TPSA) is 0 Å². The summed E-state index contributed by atoms with van der Waals surface area (Å²) in [5.41, 5.74) is 3.41. The molecule has 0 atom stereocenters. The molecule has 0 saturated heterocycles. The lowest BCUT2D eigenvalue weighted by molar-refractivity contribution is 0.225. The van der Waals surface area contributed by atoms with Gasteiger partial charge in [-0.15, -0.1) is 0 Å². The molecule has 0 aliphatic rings. The minimum atomic E-state index is 0.220. The Labute approximate surface area is 101 Å². The standard InChI is InChI=1S/C16H26/c1-7-8-13-9-11-14(12-10-13)16(5,6)15(2,3)4/h9-12H,7-8H2,1-6H3. The molecule has 0 aliphatic heterocycles. The van der Waals surface area contributed by atoms with Crippen LogP contribution in [0.5, 0.6) is 0 Å². The van der Waals surface area contributed by atoms with Crippen LogP contribution in [0.2, 0.25) is 0 Å². The van der Waals surface area contributed by atoms with Gasteiger partial charge in [0.15, 0.2) is 0 Å². The van der Waals surface area contributed by atoms with Crippen LogP contribution in [0.3, 0.4) is 0 Å². The fourth-order valence-corrected chi connectivity index (χ4v) is 1.81. The second kappa shape index (κ2) is 4.61. The zero-order valence-electron chi connectivity index (χ0n) is 11.7. The highest BCUT2D eigenvalue weighted by Crippen LogP contribution is 2.40. The van der Waals surface area contributed by atoms with Crippen LogP contribution in [0.15, 0.2) is 24.3 Å². The lowest BCUT2D eigenvalue weighted by Gasteiger charge is -2.39. The SMILES string of the molecule is CCCc1ccc(C(C)(C)C(C)(C)C)cc1. The molecule has 0 aliphatic carbocycles. The fraction of sp³-hybridized carbons (Fsp3) is 0.625. The van der Waals surface area contributed by atoms with E-state index in [9.17, 15) is 0 Å². The molecule has 0 radical (unpaired) electrons. The second-order valence-electron chi connectivity index (χ2n) is 6.32. The van der Waals surface area contributed by atoms with Crippen LogP contribution >= 0.6 is 0 Å². The van der Waals surface area contributed by atoms with Crippen molar-refractivity contribution < 1.29 is 0 Å². The Morgan fingerprint density at radius 3 is 1.75 bits per heavy atom. The molecule has 16 heavy (non-hydrogen) atoms. The summed E-state index contributed by atoms with van der Waals surface area (Å²) in [6.07, 6.45) is 2.41. The highest BCUT2D eigenvalue weighted by atomic mass is 14.4. The van der Waals surface area contributed by atoms with Gasteiger partial charge in [0.1, 0.15) is 0 Å². The van der Waals surface area contributed by atoms with E-state index in [1.807, 2.05) is 0 Å². The molecule has 90 valence electrons.